The van der Waals surface area contributed by atoms with Crippen LogP contribution >= 0.6 is 0 Å². The highest BCUT2D eigenvalue weighted by Crippen LogP contribution is 2.17. The van der Waals surface area contributed by atoms with Gasteiger partial charge in [0.25, 0.3) is 5.91 Å². The fourth-order valence-electron chi connectivity index (χ4n) is 1.97. The van der Waals surface area contributed by atoms with E-state index in [-0.39, 0.29) is 23.3 Å². The number of benzene rings is 1. The van der Waals surface area contributed by atoms with E-state index in [1.165, 1.54) is 24.3 Å². The van der Waals surface area contributed by atoms with Gasteiger partial charge in [0, 0.05) is 12.1 Å². The van der Waals surface area contributed by atoms with Crippen LogP contribution in [-0.4, -0.2) is 32.4 Å². The fourth-order valence-corrected chi connectivity index (χ4v) is 3.84. The molecule has 1 heterocycles. The molecule has 0 radical (unpaired) electrons. The summed E-state index contributed by atoms with van der Waals surface area (Å²) in [5.41, 5.74) is 0.372. The van der Waals surface area contributed by atoms with Crippen molar-refractivity contribution in [3.05, 3.63) is 35.6 Å². The third kappa shape index (κ3) is 3.29. The van der Waals surface area contributed by atoms with Crippen LogP contribution in [0.2, 0.25) is 0 Å². The van der Waals surface area contributed by atoms with Gasteiger partial charge in [0.15, 0.2) is 9.84 Å². The zero-order valence-corrected chi connectivity index (χ0v) is 10.5. The third-order valence-corrected chi connectivity index (χ3v) is 4.82. The molecule has 1 saturated heterocycles. The number of hydrogen-bond donors (Lipinski definition) is 1. The Kier molecular flexibility index (Phi) is 3.65. The summed E-state index contributed by atoms with van der Waals surface area (Å²) in [6, 6.07) is 5.23. The maximum Gasteiger partial charge on any atom is 0.251 e. The van der Waals surface area contributed by atoms with Gasteiger partial charge in [0.2, 0.25) is 0 Å². The summed E-state index contributed by atoms with van der Waals surface area (Å²) in [5.74, 6) is -0.382. The van der Waals surface area contributed by atoms with Crippen LogP contribution in [0.1, 0.15) is 16.8 Å². The number of carbonyl (C=O) groups excluding carboxylic acids is 1. The second-order valence-electron chi connectivity index (χ2n) is 4.49. The Labute approximate surface area is 105 Å². The lowest BCUT2D eigenvalue weighted by molar-refractivity contribution is 0.0948. The molecular formula is C12H14FNO3S. The van der Waals surface area contributed by atoms with Crippen LogP contribution in [0.15, 0.2) is 24.3 Å². The van der Waals surface area contributed by atoms with E-state index in [9.17, 15) is 17.6 Å². The second-order valence-corrected chi connectivity index (χ2v) is 6.71. The van der Waals surface area contributed by atoms with Gasteiger partial charge in [-0.3, -0.25) is 4.79 Å². The molecule has 0 aliphatic carbocycles. The molecule has 1 aromatic carbocycles. The van der Waals surface area contributed by atoms with E-state index in [1.807, 2.05) is 0 Å². The van der Waals surface area contributed by atoms with Crippen LogP contribution in [0.4, 0.5) is 4.39 Å². The number of carbonyl (C=O) groups is 1. The van der Waals surface area contributed by atoms with Gasteiger partial charge in [-0.05, 0) is 36.6 Å². The van der Waals surface area contributed by atoms with Crippen molar-refractivity contribution in [3.8, 4) is 0 Å². The van der Waals surface area contributed by atoms with E-state index >= 15 is 0 Å². The highest BCUT2D eigenvalue weighted by atomic mass is 32.2. The van der Waals surface area contributed by atoms with Crippen LogP contribution in [0.3, 0.4) is 0 Å². The molecule has 98 valence electrons. The molecule has 4 nitrogen and oxygen atoms in total. The van der Waals surface area contributed by atoms with Crippen molar-refractivity contribution < 1.29 is 17.6 Å². The van der Waals surface area contributed by atoms with Gasteiger partial charge < -0.3 is 5.32 Å². The van der Waals surface area contributed by atoms with Crippen molar-refractivity contribution in [2.24, 2.45) is 5.92 Å². The molecule has 1 fully saturated rings. The molecule has 0 aromatic heterocycles. The number of halogens is 1. The maximum absolute atomic E-state index is 12.7. The number of amides is 1. The molecule has 1 aromatic rings. The Hall–Kier alpha value is -1.43. The largest absolute Gasteiger partial charge is 0.352 e. The zero-order chi connectivity index (χ0) is 13.2. The van der Waals surface area contributed by atoms with E-state index < -0.39 is 15.7 Å². The summed E-state index contributed by atoms with van der Waals surface area (Å²) in [5, 5.41) is 2.67. The van der Waals surface area contributed by atoms with Gasteiger partial charge in [0.1, 0.15) is 5.82 Å². The normalized spacial score (nSPS) is 21.7. The topological polar surface area (TPSA) is 63.2 Å². The summed E-state index contributed by atoms with van der Waals surface area (Å²) < 4.78 is 35.1. The van der Waals surface area contributed by atoms with Gasteiger partial charge in [0.05, 0.1) is 11.5 Å². The summed E-state index contributed by atoms with van der Waals surface area (Å²) in [6.45, 7) is 0.343. The van der Waals surface area contributed by atoms with Crippen LogP contribution in [0, 0.1) is 11.7 Å². The summed E-state index contributed by atoms with van der Waals surface area (Å²) >= 11 is 0. The molecule has 1 N–H and O–H groups in total. The summed E-state index contributed by atoms with van der Waals surface area (Å²) in [7, 11) is -2.91. The van der Waals surface area contributed by atoms with Crippen LogP contribution in [-0.2, 0) is 9.84 Å². The Morgan fingerprint density at radius 1 is 1.33 bits per heavy atom. The van der Waals surface area contributed by atoms with E-state index in [1.54, 1.807) is 0 Å². The number of nitrogens with one attached hydrogen (secondary N) is 1. The highest BCUT2D eigenvalue weighted by Gasteiger charge is 2.27. The fraction of sp³-hybridized carbons (Fsp3) is 0.417. The number of sulfone groups is 1. The summed E-state index contributed by atoms with van der Waals surface area (Å²) in [6.07, 6.45) is 0.589. The monoisotopic (exact) mass is 271 g/mol. The highest BCUT2D eigenvalue weighted by molar-refractivity contribution is 7.91. The van der Waals surface area contributed by atoms with E-state index in [0.717, 1.165) is 0 Å². The molecule has 1 aliphatic heterocycles. The lowest BCUT2D eigenvalue weighted by Gasteiger charge is -2.09. The van der Waals surface area contributed by atoms with Gasteiger partial charge in [-0.25, -0.2) is 12.8 Å². The minimum atomic E-state index is -2.91. The standard InChI is InChI=1S/C12H14FNO3S/c13-11-3-1-10(2-4-11)12(15)14-7-9-5-6-18(16,17)8-9/h1-4,9H,5-8H2,(H,14,15). The predicted octanol–water partition coefficient (Wildman–Crippen LogP) is 0.990. The predicted molar refractivity (Wildman–Crippen MR) is 65.5 cm³/mol. The molecular weight excluding hydrogens is 257 g/mol. The molecule has 0 bridgehead atoms. The molecule has 6 heteroatoms. The Balaban J connectivity index is 1.87. The number of rotatable bonds is 3. The van der Waals surface area contributed by atoms with Crippen molar-refractivity contribution in [2.45, 2.75) is 6.42 Å². The minimum Gasteiger partial charge on any atom is -0.352 e. The number of hydrogen-bond acceptors (Lipinski definition) is 3. The molecule has 2 rings (SSSR count). The Morgan fingerprint density at radius 3 is 2.56 bits per heavy atom. The molecule has 0 spiro atoms. The first-order valence-electron chi connectivity index (χ1n) is 5.70. The first kappa shape index (κ1) is 13.0. The lowest BCUT2D eigenvalue weighted by atomic mass is 10.1. The lowest BCUT2D eigenvalue weighted by Crippen LogP contribution is -2.29. The van der Waals surface area contributed by atoms with Gasteiger partial charge in [-0.2, -0.15) is 0 Å². The van der Waals surface area contributed by atoms with E-state index in [4.69, 9.17) is 0 Å². The van der Waals surface area contributed by atoms with Gasteiger partial charge in [-0.1, -0.05) is 0 Å². The van der Waals surface area contributed by atoms with Crippen molar-refractivity contribution in [1.29, 1.82) is 0 Å². The first-order valence-corrected chi connectivity index (χ1v) is 7.52. The maximum atomic E-state index is 12.7. The van der Waals surface area contributed by atoms with Crippen molar-refractivity contribution in [3.63, 3.8) is 0 Å². The van der Waals surface area contributed by atoms with Crippen LogP contribution in [0.5, 0.6) is 0 Å². The molecule has 18 heavy (non-hydrogen) atoms. The van der Waals surface area contributed by atoms with Gasteiger partial charge in [-0.15, -0.1) is 0 Å². The van der Waals surface area contributed by atoms with Crippen molar-refractivity contribution >= 4 is 15.7 Å². The van der Waals surface area contributed by atoms with Crippen LogP contribution < -0.4 is 5.32 Å². The quantitative estimate of drug-likeness (QED) is 0.891. The van der Waals surface area contributed by atoms with E-state index in [2.05, 4.69) is 5.32 Å². The average Bonchev–Trinajstić information content (AvgIpc) is 2.67. The Morgan fingerprint density at radius 2 is 2.00 bits per heavy atom. The van der Waals surface area contributed by atoms with Crippen LogP contribution in [0.25, 0.3) is 0 Å². The molecule has 1 unspecified atom stereocenters. The minimum absolute atomic E-state index is 0.0144. The first-order chi connectivity index (χ1) is 8.46. The van der Waals surface area contributed by atoms with Crippen molar-refractivity contribution in [1.82, 2.24) is 5.32 Å². The molecule has 1 atom stereocenters. The average molecular weight is 271 g/mol. The summed E-state index contributed by atoms with van der Waals surface area (Å²) in [4.78, 5) is 11.7. The second kappa shape index (κ2) is 5.06. The molecule has 1 aliphatic rings. The SMILES string of the molecule is O=C(NCC1CCS(=O)(=O)C1)c1ccc(F)cc1. The van der Waals surface area contributed by atoms with E-state index in [0.29, 0.717) is 18.5 Å². The van der Waals surface area contributed by atoms with Crippen molar-refractivity contribution in [2.75, 3.05) is 18.1 Å². The molecule has 0 saturated carbocycles. The van der Waals surface area contributed by atoms with Gasteiger partial charge >= 0.3 is 0 Å². The zero-order valence-electron chi connectivity index (χ0n) is 9.73. The Bertz CT molecular complexity index is 539. The molecule has 1 amide bonds. The third-order valence-electron chi connectivity index (χ3n) is 2.98. The smallest absolute Gasteiger partial charge is 0.251 e.